The molecular weight excluding hydrogens is 284 g/mol. The quantitative estimate of drug-likeness (QED) is 0.724. The first-order valence-electron chi connectivity index (χ1n) is 6.19. The molecule has 0 aliphatic carbocycles. The van der Waals surface area contributed by atoms with E-state index in [-0.39, 0.29) is 23.2 Å². The summed E-state index contributed by atoms with van der Waals surface area (Å²) in [6, 6.07) is 1.48. The lowest BCUT2D eigenvalue weighted by molar-refractivity contribution is 0.107. The molecule has 0 heterocycles. The lowest BCUT2D eigenvalue weighted by Crippen LogP contribution is -2.13. The Morgan fingerprint density at radius 3 is 2.15 bits per heavy atom. The van der Waals surface area contributed by atoms with E-state index in [0.29, 0.717) is 11.5 Å². The molecule has 0 saturated heterocycles. The second-order valence-corrected chi connectivity index (χ2v) is 4.48. The van der Waals surface area contributed by atoms with Crippen molar-refractivity contribution in [1.82, 2.24) is 0 Å². The van der Waals surface area contributed by atoms with Gasteiger partial charge in [-0.25, -0.2) is 0 Å². The molecule has 112 valence electrons. The standard InChI is InChI=1S/C14H19ClO5/c1-6-8(2)20-11-9(14(15)16)7-10(17-3)12(18-4)13(11)19-5/h7-8H,6H2,1-5H3. The topological polar surface area (TPSA) is 54.0 Å². The summed E-state index contributed by atoms with van der Waals surface area (Å²) in [7, 11) is 4.41. The van der Waals surface area contributed by atoms with Crippen LogP contribution in [0.3, 0.4) is 0 Å². The number of carbonyl (C=O) groups excluding carboxylic acids is 1. The summed E-state index contributed by atoms with van der Waals surface area (Å²) in [5.74, 6) is 1.26. The maximum atomic E-state index is 11.6. The van der Waals surface area contributed by atoms with Gasteiger partial charge >= 0.3 is 0 Å². The van der Waals surface area contributed by atoms with E-state index in [1.54, 1.807) is 0 Å². The third-order valence-electron chi connectivity index (χ3n) is 2.89. The molecule has 0 radical (unpaired) electrons. The summed E-state index contributed by atoms with van der Waals surface area (Å²) in [5, 5.41) is -0.650. The first-order chi connectivity index (χ1) is 9.49. The monoisotopic (exact) mass is 302 g/mol. The number of ether oxygens (including phenoxy) is 4. The molecule has 1 aromatic rings. The maximum Gasteiger partial charge on any atom is 0.256 e. The fourth-order valence-corrected chi connectivity index (χ4v) is 1.82. The van der Waals surface area contributed by atoms with Gasteiger partial charge in [0, 0.05) is 6.07 Å². The fourth-order valence-electron chi connectivity index (χ4n) is 1.68. The van der Waals surface area contributed by atoms with E-state index >= 15 is 0 Å². The highest BCUT2D eigenvalue weighted by Crippen LogP contribution is 2.47. The molecule has 0 fully saturated rings. The number of carbonyl (C=O) groups is 1. The molecule has 0 bridgehead atoms. The average Bonchev–Trinajstić information content (AvgIpc) is 2.45. The van der Waals surface area contributed by atoms with Gasteiger partial charge in [-0.2, -0.15) is 0 Å². The minimum atomic E-state index is -0.650. The Morgan fingerprint density at radius 2 is 1.75 bits per heavy atom. The number of hydrogen-bond acceptors (Lipinski definition) is 5. The Balaban J connectivity index is 3.53. The van der Waals surface area contributed by atoms with Gasteiger partial charge in [0.1, 0.15) is 0 Å². The van der Waals surface area contributed by atoms with Crippen molar-refractivity contribution in [2.45, 2.75) is 26.4 Å². The number of rotatable bonds is 7. The molecule has 1 atom stereocenters. The second-order valence-electron chi connectivity index (χ2n) is 4.13. The number of benzene rings is 1. The smallest absolute Gasteiger partial charge is 0.256 e. The molecule has 0 aromatic heterocycles. The van der Waals surface area contributed by atoms with Crippen molar-refractivity contribution in [2.75, 3.05) is 21.3 Å². The number of hydrogen-bond donors (Lipinski definition) is 0. The molecule has 0 aliphatic heterocycles. The zero-order valence-corrected chi connectivity index (χ0v) is 13.0. The predicted molar refractivity (Wildman–Crippen MR) is 76.7 cm³/mol. The van der Waals surface area contributed by atoms with Crippen LogP contribution in [0.4, 0.5) is 0 Å². The summed E-state index contributed by atoms with van der Waals surface area (Å²) >= 11 is 5.62. The first kappa shape index (κ1) is 16.4. The van der Waals surface area contributed by atoms with Crippen LogP contribution >= 0.6 is 11.6 Å². The third kappa shape index (κ3) is 3.28. The van der Waals surface area contributed by atoms with Crippen molar-refractivity contribution in [3.63, 3.8) is 0 Å². The van der Waals surface area contributed by atoms with Gasteiger partial charge in [0.05, 0.1) is 33.0 Å². The van der Waals surface area contributed by atoms with E-state index < -0.39 is 5.24 Å². The van der Waals surface area contributed by atoms with E-state index in [0.717, 1.165) is 6.42 Å². The molecule has 0 spiro atoms. The van der Waals surface area contributed by atoms with E-state index in [2.05, 4.69) is 0 Å². The molecule has 6 heteroatoms. The Bertz CT molecular complexity index is 487. The summed E-state index contributed by atoms with van der Waals surface area (Å²) < 4.78 is 21.5. The summed E-state index contributed by atoms with van der Waals surface area (Å²) in [6.45, 7) is 3.86. The van der Waals surface area contributed by atoms with Gasteiger partial charge in [-0.05, 0) is 24.9 Å². The van der Waals surface area contributed by atoms with Gasteiger partial charge in [0.25, 0.3) is 5.24 Å². The highest BCUT2D eigenvalue weighted by atomic mass is 35.5. The van der Waals surface area contributed by atoms with Gasteiger partial charge < -0.3 is 18.9 Å². The minimum Gasteiger partial charge on any atom is -0.493 e. The van der Waals surface area contributed by atoms with Crippen LogP contribution in [0.15, 0.2) is 6.07 Å². The minimum absolute atomic E-state index is 0.100. The van der Waals surface area contributed by atoms with Crippen LogP contribution in [-0.4, -0.2) is 32.7 Å². The largest absolute Gasteiger partial charge is 0.493 e. The van der Waals surface area contributed by atoms with Crippen LogP contribution in [-0.2, 0) is 0 Å². The maximum absolute atomic E-state index is 11.6. The lowest BCUT2D eigenvalue weighted by Gasteiger charge is -2.21. The Labute approximate surface area is 123 Å². The zero-order valence-electron chi connectivity index (χ0n) is 12.3. The van der Waals surface area contributed by atoms with Crippen LogP contribution in [0.25, 0.3) is 0 Å². The first-order valence-corrected chi connectivity index (χ1v) is 6.57. The molecule has 0 saturated carbocycles. The highest BCUT2D eigenvalue weighted by Gasteiger charge is 2.25. The summed E-state index contributed by atoms with van der Waals surface area (Å²) in [6.07, 6.45) is 0.671. The molecule has 1 rings (SSSR count). The summed E-state index contributed by atoms with van der Waals surface area (Å²) in [5.41, 5.74) is 0.182. The molecule has 0 aliphatic rings. The van der Waals surface area contributed by atoms with E-state index in [1.807, 2.05) is 13.8 Å². The molecule has 1 unspecified atom stereocenters. The van der Waals surface area contributed by atoms with Crippen LogP contribution in [0, 0.1) is 0 Å². The van der Waals surface area contributed by atoms with Gasteiger partial charge in [-0.1, -0.05) is 6.92 Å². The predicted octanol–water partition coefficient (Wildman–Crippen LogP) is 3.27. The molecule has 0 N–H and O–H groups in total. The Hall–Kier alpha value is -1.62. The number of halogens is 1. The zero-order chi connectivity index (χ0) is 15.3. The van der Waals surface area contributed by atoms with Gasteiger partial charge in [0.15, 0.2) is 11.5 Å². The van der Waals surface area contributed by atoms with Crippen LogP contribution in [0.5, 0.6) is 23.0 Å². The van der Waals surface area contributed by atoms with Gasteiger partial charge in [-0.15, -0.1) is 0 Å². The third-order valence-corrected chi connectivity index (χ3v) is 3.09. The van der Waals surface area contributed by atoms with Crippen molar-refractivity contribution in [1.29, 1.82) is 0 Å². The molecular formula is C14H19ClO5. The summed E-state index contributed by atoms with van der Waals surface area (Å²) in [4.78, 5) is 11.6. The molecule has 0 amide bonds. The molecule has 1 aromatic carbocycles. The molecule has 20 heavy (non-hydrogen) atoms. The van der Waals surface area contributed by atoms with Crippen molar-refractivity contribution in [3.05, 3.63) is 11.6 Å². The van der Waals surface area contributed by atoms with Crippen molar-refractivity contribution in [2.24, 2.45) is 0 Å². The van der Waals surface area contributed by atoms with Crippen molar-refractivity contribution < 1.29 is 23.7 Å². The van der Waals surface area contributed by atoms with Crippen LogP contribution in [0.2, 0.25) is 0 Å². The number of methoxy groups -OCH3 is 3. The fraction of sp³-hybridized carbons (Fsp3) is 0.500. The second kappa shape index (κ2) is 7.24. The average molecular weight is 303 g/mol. The van der Waals surface area contributed by atoms with Crippen LogP contribution in [0.1, 0.15) is 30.6 Å². The Morgan fingerprint density at radius 1 is 1.15 bits per heavy atom. The lowest BCUT2D eigenvalue weighted by atomic mass is 10.1. The van der Waals surface area contributed by atoms with E-state index in [9.17, 15) is 4.79 Å². The van der Waals surface area contributed by atoms with Gasteiger partial charge in [0.2, 0.25) is 11.5 Å². The Kier molecular flexibility index (Phi) is 5.95. The van der Waals surface area contributed by atoms with Gasteiger partial charge in [-0.3, -0.25) is 4.79 Å². The van der Waals surface area contributed by atoms with Crippen LogP contribution < -0.4 is 18.9 Å². The normalized spacial score (nSPS) is 11.7. The van der Waals surface area contributed by atoms with Crippen molar-refractivity contribution >= 4 is 16.8 Å². The molecule has 5 nitrogen and oxygen atoms in total. The highest BCUT2D eigenvalue weighted by molar-refractivity contribution is 6.68. The van der Waals surface area contributed by atoms with Crippen molar-refractivity contribution in [3.8, 4) is 23.0 Å². The SMILES string of the molecule is CCC(C)Oc1c(C(=O)Cl)cc(OC)c(OC)c1OC. The van der Waals surface area contributed by atoms with E-state index in [1.165, 1.54) is 27.4 Å². The van der Waals surface area contributed by atoms with E-state index in [4.69, 9.17) is 30.5 Å².